The molecule has 6 heteroatoms. The summed E-state index contributed by atoms with van der Waals surface area (Å²) in [5.41, 5.74) is 7.32. The lowest BCUT2D eigenvalue weighted by atomic mass is 10.1. The molecule has 0 aliphatic heterocycles. The molecule has 3 nitrogen and oxygen atoms in total. The van der Waals surface area contributed by atoms with E-state index in [1.165, 1.54) is 23.5 Å². The lowest BCUT2D eigenvalue weighted by Crippen LogP contribution is -1.88. The van der Waals surface area contributed by atoms with Crippen molar-refractivity contribution in [2.75, 3.05) is 5.73 Å². The van der Waals surface area contributed by atoms with Gasteiger partial charge in [0.15, 0.2) is 11.6 Å². The van der Waals surface area contributed by atoms with Crippen molar-refractivity contribution in [1.82, 2.24) is 5.16 Å². The molecule has 3 rings (SSSR count). The van der Waals surface area contributed by atoms with Crippen molar-refractivity contribution in [3.63, 3.8) is 0 Å². The first-order valence-electron chi connectivity index (χ1n) is 5.41. The van der Waals surface area contributed by atoms with Gasteiger partial charge in [0, 0.05) is 4.47 Å². The van der Waals surface area contributed by atoms with E-state index in [-0.39, 0.29) is 5.82 Å². The lowest BCUT2D eigenvalue weighted by Gasteiger charge is -2.01. The van der Waals surface area contributed by atoms with Crippen LogP contribution in [0.25, 0.3) is 21.8 Å². The van der Waals surface area contributed by atoms with Gasteiger partial charge < -0.3 is 10.3 Å². The van der Waals surface area contributed by atoms with Crippen molar-refractivity contribution in [1.29, 1.82) is 0 Å². The molecule has 0 fully saturated rings. The number of nitrogen functional groups attached to an aromatic ring is 1. The second-order valence-electron chi connectivity index (χ2n) is 3.88. The molecule has 0 bridgehead atoms. The van der Waals surface area contributed by atoms with Crippen LogP contribution < -0.4 is 5.73 Å². The summed E-state index contributed by atoms with van der Waals surface area (Å²) in [6.45, 7) is 0. The van der Waals surface area contributed by atoms with Gasteiger partial charge in [0.2, 0.25) is 0 Å². The minimum atomic E-state index is -0.294. The fourth-order valence-corrected chi connectivity index (χ4v) is 3.34. The molecule has 1 aromatic carbocycles. The third-order valence-corrected chi connectivity index (χ3v) is 4.51. The van der Waals surface area contributed by atoms with Crippen molar-refractivity contribution in [3.8, 4) is 21.8 Å². The Balaban J connectivity index is 2.19. The van der Waals surface area contributed by atoms with Gasteiger partial charge in [-0.25, -0.2) is 4.39 Å². The highest BCUT2D eigenvalue weighted by Crippen LogP contribution is 2.42. The summed E-state index contributed by atoms with van der Waals surface area (Å²) in [7, 11) is 0. The zero-order chi connectivity index (χ0) is 13.4. The Labute approximate surface area is 121 Å². The van der Waals surface area contributed by atoms with E-state index < -0.39 is 0 Å². The molecule has 96 valence electrons. The molecule has 19 heavy (non-hydrogen) atoms. The van der Waals surface area contributed by atoms with Crippen molar-refractivity contribution < 1.29 is 8.91 Å². The number of hydrogen-bond donors (Lipinski definition) is 1. The Morgan fingerprint density at radius 1 is 1.21 bits per heavy atom. The Hall–Kier alpha value is -1.66. The highest BCUT2D eigenvalue weighted by Gasteiger charge is 2.20. The number of aromatic nitrogens is 1. The molecule has 0 saturated heterocycles. The maximum Gasteiger partial charge on any atom is 0.187 e. The van der Waals surface area contributed by atoms with E-state index in [4.69, 9.17) is 10.3 Å². The summed E-state index contributed by atoms with van der Waals surface area (Å²) in [5, 5.41) is 5.74. The number of halogens is 2. The second kappa shape index (κ2) is 4.79. The molecular formula is C13H8BrFN2OS. The Kier molecular flexibility index (Phi) is 3.12. The smallest absolute Gasteiger partial charge is 0.187 e. The third-order valence-electron chi connectivity index (χ3n) is 2.67. The number of rotatable bonds is 2. The molecule has 0 atom stereocenters. The normalized spacial score (nSPS) is 10.8. The van der Waals surface area contributed by atoms with Crippen LogP contribution in [-0.4, -0.2) is 5.16 Å². The summed E-state index contributed by atoms with van der Waals surface area (Å²) >= 11 is 4.97. The standard InChI is InChI=1S/C13H8BrFN2OS/c14-9-5-6-19-12(9)11-10(13(16)17-18-11)7-1-3-8(15)4-2-7/h1-6H,(H2,16,17). The van der Waals surface area contributed by atoms with Crippen molar-refractivity contribution in [2.45, 2.75) is 0 Å². The van der Waals surface area contributed by atoms with Gasteiger partial charge in [0.1, 0.15) is 5.82 Å². The van der Waals surface area contributed by atoms with Crippen LogP contribution >= 0.6 is 27.3 Å². The van der Waals surface area contributed by atoms with Gasteiger partial charge >= 0.3 is 0 Å². The number of nitrogens with two attached hydrogens (primary N) is 1. The van der Waals surface area contributed by atoms with E-state index in [0.717, 1.165) is 14.9 Å². The fraction of sp³-hybridized carbons (Fsp3) is 0. The number of hydrogen-bond acceptors (Lipinski definition) is 4. The summed E-state index contributed by atoms with van der Waals surface area (Å²) in [6, 6.07) is 8.00. The Morgan fingerprint density at radius 3 is 2.58 bits per heavy atom. The predicted molar refractivity (Wildman–Crippen MR) is 77.3 cm³/mol. The van der Waals surface area contributed by atoms with Gasteiger partial charge in [0.05, 0.1) is 10.4 Å². The van der Waals surface area contributed by atoms with Crippen LogP contribution in [0.4, 0.5) is 10.2 Å². The van der Waals surface area contributed by atoms with Crippen LogP contribution in [0.2, 0.25) is 0 Å². The monoisotopic (exact) mass is 338 g/mol. The third kappa shape index (κ3) is 2.17. The zero-order valence-electron chi connectivity index (χ0n) is 9.56. The topological polar surface area (TPSA) is 52.0 Å². The summed E-state index contributed by atoms with van der Waals surface area (Å²) in [5.74, 6) is 0.588. The summed E-state index contributed by atoms with van der Waals surface area (Å²) < 4.78 is 19.2. The maximum atomic E-state index is 13.0. The molecule has 0 amide bonds. The van der Waals surface area contributed by atoms with E-state index in [2.05, 4.69) is 21.1 Å². The van der Waals surface area contributed by atoms with Crippen LogP contribution in [0, 0.1) is 5.82 Å². The molecule has 0 aliphatic rings. The first-order chi connectivity index (χ1) is 9.16. The average molecular weight is 339 g/mol. The highest BCUT2D eigenvalue weighted by atomic mass is 79.9. The second-order valence-corrected chi connectivity index (χ2v) is 5.65. The van der Waals surface area contributed by atoms with Crippen LogP contribution in [-0.2, 0) is 0 Å². The lowest BCUT2D eigenvalue weighted by molar-refractivity contribution is 0.437. The van der Waals surface area contributed by atoms with E-state index >= 15 is 0 Å². The van der Waals surface area contributed by atoms with Crippen LogP contribution in [0.15, 0.2) is 44.7 Å². The molecule has 0 unspecified atom stereocenters. The van der Waals surface area contributed by atoms with E-state index in [1.54, 1.807) is 12.1 Å². The van der Waals surface area contributed by atoms with Gasteiger partial charge in [0.25, 0.3) is 0 Å². The number of benzene rings is 1. The van der Waals surface area contributed by atoms with E-state index in [0.29, 0.717) is 17.1 Å². The molecule has 0 spiro atoms. The quantitative estimate of drug-likeness (QED) is 0.745. The Bertz CT molecular complexity index is 721. The minimum Gasteiger partial charge on any atom is -0.380 e. The number of thiophene rings is 1. The van der Waals surface area contributed by atoms with Gasteiger partial charge in [-0.3, -0.25) is 0 Å². The molecule has 0 radical (unpaired) electrons. The first-order valence-corrected chi connectivity index (χ1v) is 7.08. The largest absolute Gasteiger partial charge is 0.380 e. The average Bonchev–Trinajstić information content (AvgIpc) is 2.97. The van der Waals surface area contributed by atoms with Gasteiger partial charge in [-0.15, -0.1) is 11.3 Å². The molecule has 2 N–H and O–H groups in total. The molecular weight excluding hydrogens is 331 g/mol. The maximum absolute atomic E-state index is 13.0. The molecule has 2 heterocycles. The number of anilines is 1. The molecule has 3 aromatic rings. The van der Waals surface area contributed by atoms with Gasteiger partial charge in [-0.2, -0.15) is 0 Å². The fourth-order valence-electron chi connectivity index (χ4n) is 1.81. The minimum absolute atomic E-state index is 0.293. The first kappa shape index (κ1) is 12.4. The predicted octanol–water partition coefficient (Wildman–Crippen LogP) is 4.55. The van der Waals surface area contributed by atoms with Crippen molar-refractivity contribution in [3.05, 3.63) is 46.0 Å². The summed E-state index contributed by atoms with van der Waals surface area (Å²) in [6.07, 6.45) is 0. The van der Waals surface area contributed by atoms with E-state index in [1.807, 2.05) is 11.4 Å². The molecule has 2 aromatic heterocycles. The van der Waals surface area contributed by atoms with Crippen molar-refractivity contribution in [2.24, 2.45) is 0 Å². The molecule has 0 aliphatic carbocycles. The Morgan fingerprint density at radius 2 is 1.95 bits per heavy atom. The van der Waals surface area contributed by atoms with Gasteiger partial charge in [-0.1, -0.05) is 17.3 Å². The van der Waals surface area contributed by atoms with Crippen LogP contribution in [0.3, 0.4) is 0 Å². The zero-order valence-corrected chi connectivity index (χ0v) is 12.0. The molecule has 0 saturated carbocycles. The van der Waals surface area contributed by atoms with E-state index in [9.17, 15) is 4.39 Å². The van der Waals surface area contributed by atoms with Crippen molar-refractivity contribution >= 4 is 33.1 Å². The number of nitrogens with zero attached hydrogens (tertiary/aromatic N) is 1. The SMILES string of the molecule is Nc1noc(-c2sccc2Br)c1-c1ccc(F)cc1. The van der Waals surface area contributed by atoms with Crippen LogP contribution in [0.1, 0.15) is 0 Å². The van der Waals surface area contributed by atoms with Gasteiger partial charge in [-0.05, 0) is 45.1 Å². The highest BCUT2D eigenvalue weighted by molar-refractivity contribution is 9.10. The van der Waals surface area contributed by atoms with Crippen LogP contribution in [0.5, 0.6) is 0 Å². The summed E-state index contributed by atoms with van der Waals surface area (Å²) in [4.78, 5) is 0.906.